The Bertz CT molecular complexity index is 4040. The molecule has 13 rings (SSSR count). The fourth-order valence-corrected chi connectivity index (χ4v) is 10.6. The SMILES string of the molecule is c1ccc(-c2ccc(N(c3ccc(-c4cccc(-c5cccc6ccccc56)c4)cc3)c3ccc(-c4ccccc4-c4ccccc4-c4cccc5ccccc45)cc3)c3c2oc2ccccc23)cc1. The summed E-state index contributed by atoms with van der Waals surface area (Å²) in [5.41, 5.74) is 19.0. The highest BCUT2D eigenvalue weighted by Gasteiger charge is 2.23. The van der Waals surface area contributed by atoms with E-state index in [1.807, 2.05) is 0 Å². The van der Waals surface area contributed by atoms with Crippen molar-refractivity contribution in [3.05, 3.63) is 273 Å². The largest absolute Gasteiger partial charge is 0.455 e. The Hall–Kier alpha value is -9.24. The van der Waals surface area contributed by atoms with Crippen molar-refractivity contribution in [1.29, 1.82) is 0 Å². The van der Waals surface area contributed by atoms with E-state index in [4.69, 9.17) is 4.42 Å². The van der Waals surface area contributed by atoms with Crippen LogP contribution in [-0.2, 0) is 0 Å². The summed E-state index contributed by atoms with van der Waals surface area (Å²) in [5, 5.41) is 7.13. The third kappa shape index (κ3) is 7.22. The zero-order valence-electron chi connectivity index (χ0n) is 38.3. The molecule has 328 valence electrons. The van der Waals surface area contributed by atoms with Gasteiger partial charge in [0.1, 0.15) is 11.2 Å². The van der Waals surface area contributed by atoms with Gasteiger partial charge in [-0.05, 0) is 131 Å². The minimum Gasteiger partial charge on any atom is -0.455 e. The van der Waals surface area contributed by atoms with Gasteiger partial charge in [0, 0.05) is 22.3 Å². The second-order valence-electron chi connectivity index (χ2n) is 18.0. The standard InChI is InChI=1S/C68H45NO/c1-2-17-49(18-3-1)59-43-44-65(67-64-31-12-13-34-66(64)70-68(59)67)69(53-39-35-46(36-40-53)51-23-14-24-52(45-51)58-32-15-21-47-19-4-6-25-55(47)58)54-41-37-50(38-42-54)57-27-8-9-28-60(57)62-29-10-11-30-63(62)61-33-16-22-48-20-5-7-26-56(48)61/h1-45H. The first-order chi connectivity index (χ1) is 34.7. The third-order valence-electron chi connectivity index (χ3n) is 13.9. The third-order valence-corrected chi connectivity index (χ3v) is 13.9. The number of hydrogen-bond donors (Lipinski definition) is 0. The van der Waals surface area contributed by atoms with Gasteiger partial charge in [-0.25, -0.2) is 0 Å². The number of anilines is 3. The molecule has 0 unspecified atom stereocenters. The fraction of sp³-hybridized carbons (Fsp3) is 0. The molecule has 2 nitrogen and oxygen atoms in total. The lowest BCUT2D eigenvalue weighted by Gasteiger charge is -2.27. The first kappa shape index (κ1) is 41.0. The van der Waals surface area contributed by atoms with Gasteiger partial charge in [0.2, 0.25) is 0 Å². The smallest absolute Gasteiger partial charge is 0.145 e. The van der Waals surface area contributed by atoms with E-state index in [9.17, 15) is 0 Å². The molecule has 1 aromatic heterocycles. The summed E-state index contributed by atoms with van der Waals surface area (Å²) in [4.78, 5) is 2.39. The highest BCUT2D eigenvalue weighted by atomic mass is 16.3. The second kappa shape index (κ2) is 17.4. The van der Waals surface area contributed by atoms with Crippen LogP contribution in [0.1, 0.15) is 0 Å². The molecule has 0 radical (unpaired) electrons. The van der Waals surface area contributed by atoms with Crippen molar-refractivity contribution >= 4 is 60.5 Å². The van der Waals surface area contributed by atoms with Gasteiger partial charge >= 0.3 is 0 Å². The first-order valence-corrected chi connectivity index (χ1v) is 24.0. The molecular formula is C68H45NO. The molecule has 0 atom stereocenters. The number of benzene rings is 12. The highest BCUT2D eigenvalue weighted by molar-refractivity contribution is 6.17. The van der Waals surface area contributed by atoms with Crippen molar-refractivity contribution in [2.24, 2.45) is 0 Å². The molecule has 0 aliphatic heterocycles. The Labute approximate surface area is 407 Å². The van der Waals surface area contributed by atoms with Gasteiger partial charge in [0.05, 0.1) is 11.1 Å². The molecule has 0 aliphatic rings. The molecular weight excluding hydrogens is 847 g/mol. The van der Waals surface area contributed by atoms with E-state index in [1.165, 1.54) is 66.1 Å². The van der Waals surface area contributed by atoms with Crippen LogP contribution in [-0.4, -0.2) is 0 Å². The second-order valence-corrected chi connectivity index (χ2v) is 18.0. The normalized spacial score (nSPS) is 11.4. The van der Waals surface area contributed by atoms with Gasteiger partial charge in [-0.15, -0.1) is 0 Å². The Kier molecular flexibility index (Phi) is 10.2. The summed E-state index contributed by atoms with van der Waals surface area (Å²) in [6.07, 6.45) is 0. The van der Waals surface area contributed by atoms with Gasteiger partial charge in [-0.2, -0.15) is 0 Å². The minimum atomic E-state index is 0.860. The van der Waals surface area contributed by atoms with Crippen molar-refractivity contribution in [2.45, 2.75) is 0 Å². The molecule has 2 heteroatoms. The Balaban J connectivity index is 0.942. The molecule has 1 heterocycles. The molecule has 0 spiro atoms. The lowest BCUT2D eigenvalue weighted by molar-refractivity contribution is 0.670. The van der Waals surface area contributed by atoms with Gasteiger partial charge in [-0.1, -0.05) is 224 Å². The van der Waals surface area contributed by atoms with Crippen LogP contribution in [0.4, 0.5) is 17.1 Å². The molecule has 0 aliphatic carbocycles. The molecule has 0 saturated heterocycles. The Morgan fingerprint density at radius 2 is 0.714 bits per heavy atom. The van der Waals surface area contributed by atoms with Crippen LogP contribution in [0.25, 0.3) is 110 Å². The molecule has 12 aromatic carbocycles. The van der Waals surface area contributed by atoms with Gasteiger partial charge in [-0.3, -0.25) is 0 Å². The van der Waals surface area contributed by atoms with Crippen molar-refractivity contribution < 1.29 is 4.42 Å². The zero-order chi connectivity index (χ0) is 46.4. The zero-order valence-corrected chi connectivity index (χ0v) is 38.3. The van der Waals surface area contributed by atoms with Gasteiger partial charge in [0.15, 0.2) is 0 Å². The van der Waals surface area contributed by atoms with Crippen LogP contribution in [0.5, 0.6) is 0 Å². The number of para-hydroxylation sites is 1. The summed E-state index contributed by atoms with van der Waals surface area (Å²) in [7, 11) is 0. The van der Waals surface area contributed by atoms with E-state index >= 15 is 0 Å². The minimum absolute atomic E-state index is 0.860. The molecule has 0 bridgehead atoms. The molecule has 13 aromatic rings. The number of rotatable bonds is 9. The van der Waals surface area contributed by atoms with Crippen LogP contribution in [0, 0.1) is 0 Å². The predicted octanol–water partition coefficient (Wildman–Crippen LogP) is 19.4. The number of hydrogen-bond acceptors (Lipinski definition) is 2. The average Bonchev–Trinajstić information content (AvgIpc) is 3.84. The number of nitrogens with zero attached hydrogens (tertiary/aromatic N) is 1. The lowest BCUT2D eigenvalue weighted by atomic mass is 9.88. The number of furan rings is 1. The maximum absolute atomic E-state index is 6.82. The first-order valence-electron chi connectivity index (χ1n) is 24.0. The van der Waals surface area contributed by atoms with Crippen molar-refractivity contribution in [2.75, 3.05) is 4.90 Å². The molecule has 70 heavy (non-hydrogen) atoms. The Morgan fingerprint density at radius 3 is 1.41 bits per heavy atom. The Morgan fingerprint density at radius 1 is 0.257 bits per heavy atom. The maximum Gasteiger partial charge on any atom is 0.145 e. The van der Waals surface area contributed by atoms with E-state index < -0.39 is 0 Å². The lowest BCUT2D eigenvalue weighted by Crippen LogP contribution is -2.10. The molecule has 0 amide bonds. The summed E-state index contributed by atoms with van der Waals surface area (Å²) >= 11 is 0. The van der Waals surface area contributed by atoms with Crippen LogP contribution >= 0.6 is 0 Å². The van der Waals surface area contributed by atoms with Crippen molar-refractivity contribution in [1.82, 2.24) is 0 Å². The van der Waals surface area contributed by atoms with E-state index in [-0.39, 0.29) is 0 Å². The van der Waals surface area contributed by atoms with E-state index in [0.29, 0.717) is 0 Å². The van der Waals surface area contributed by atoms with Crippen LogP contribution < -0.4 is 4.90 Å². The van der Waals surface area contributed by atoms with Gasteiger partial charge in [0.25, 0.3) is 0 Å². The average molecular weight is 892 g/mol. The topological polar surface area (TPSA) is 16.4 Å². The van der Waals surface area contributed by atoms with Gasteiger partial charge < -0.3 is 9.32 Å². The molecule has 0 N–H and O–H groups in total. The van der Waals surface area contributed by atoms with Crippen molar-refractivity contribution in [3.8, 4) is 66.8 Å². The van der Waals surface area contributed by atoms with Crippen molar-refractivity contribution in [3.63, 3.8) is 0 Å². The highest BCUT2D eigenvalue weighted by Crippen LogP contribution is 2.47. The summed E-state index contributed by atoms with van der Waals surface area (Å²) < 4.78 is 6.82. The predicted molar refractivity (Wildman–Crippen MR) is 296 cm³/mol. The van der Waals surface area contributed by atoms with E-state index in [0.717, 1.165) is 61.3 Å². The van der Waals surface area contributed by atoms with E-state index in [1.54, 1.807) is 0 Å². The monoisotopic (exact) mass is 891 g/mol. The van der Waals surface area contributed by atoms with Crippen LogP contribution in [0.15, 0.2) is 277 Å². The fourth-order valence-electron chi connectivity index (χ4n) is 10.6. The number of fused-ring (bicyclic) bond motifs is 5. The van der Waals surface area contributed by atoms with E-state index in [2.05, 4.69) is 278 Å². The summed E-state index contributed by atoms with van der Waals surface area (Å²) in [6, 6.07) is 98.5. The maximum atomic E-state index is 6.82. The molecule has 0 saturated carbocycles. The van der Waals surface area contributed by atoms with Crippen LogP contribution in [0.2, 0.25) is 0 Å². The summed E-state index contributed by atoms with van der Waals surface area (Å²) in [6.45, 7) is 0. The summed E-state index contributed by atoms with van der Waals surface area (Å²) in [5.74, 6) is 0. The van der Waals surface area contributed by atoms with Crippen LogP contribution in [0.3, 0.4) is 0 Å². The quantitative estimate of drug-likeness (QED) is 0.144. The molecule has 0 fully saturated rings.